The lowest BCUT2D eigenvalue weighted by atomic mass is 10.3. The molecular weight excluding hydrogens is 531 g/mol. The van der Waals surface area contributed by atoms with Crippen LogP contribution < -0.4 is 50.4 Å². The van der Waals surface area contributed by atoms with Gasteiger partial charge in [0.25, 0.3) is 0 Å². The summed E-state index contributed by atoms with van der Waals surface area (Å²) in [5, 5.41) is 9.10. The Hall–Kier alpha value is -1.01. The molecule has 36 heavy (non-hydrogen) atoms. The van der Waals surface area contributed by atoms with Crippen LogP contribution in [-0.4, -0.2) is 100 Å². The van der Waals surface area contributed by atoms with Gasteiger partial charge in [0.15, 0.2) is 0 Å². The molecule has 0 amide bonds. The fourth-order valence-electron chi connectivity index (χ4n) is 0.987. The first kappa shape index (κ1) is 48.1. The van der Waals surface area contributed by atoms with Gasteiger partial charge in [-0.15, -0.1) is 0 Å². The monoisotopic (exact) mass is 570 g/mol. The molecule has 0 aliphatic carbocycles. The molecule has 228 valence electrons. The standard InChI is InChI=1S/3C4H13N3.3BF4/c3*5-1-3-7-4-2-6;3*2-1(3,4)5/h3*7H,1-6H2;;;/q;;;3*-1. The van der Waals surface area contributed by atoms with Crippen LogP contribution in [0.25, 0.3) is 0 Å². The average Bonchev–Trinajstić information content (AvgIpc) is 2.67. The predicted octanol–water partition coefficient (Wildman–Crippen LogP) is -0.620. The first-order valence-electron chi connectivity index (χ1n) is 10.2. The molecule has 0 saturated carbocycles. The lowest BCUT2D eigenvalue weighted by molar-refractivity contribution is 0.366. The maximum absolute atomic E-state index is 9.75. The van der Waals surface area contributed by atoms with Crippen LogP contribution in [0, 0.1) is 0 Å². The van der Waals surface area contributed by atoms with Crippen LogP contribution in [0.3, 0.4) is 0 Å². The molecule has 0 rings (SSSR count). The van der Waals surface area contributed by atoms with Gasteiger partial charge >= 0.3 is 21.8 Å². The number of halogens is 12. The summed E-state index contributed by atoms with van der Waals surface area (Å²) in [6.45, 7) is 9.40. The van der Waals surface area contributed by atoms with E-state index in [1.54, 1.807) is 0 Å². The molecular formula is C12H39B3F12N9-3. The highest BCUT2D eigenvalue weighted by Gasteiger charge is 2.21. The zero-order valence-corrected chi connectivity index (χ0v) is 19.7. The zero-order valence-electron chi connectivity index (χ0n) is 19.7. The fraction of sp³-hybridized carbons (Fsp3) is 1.00. The smallest absolute Gasteiger partial charge is 0.418 e. The highest BCUT2D eigenvalue weighted by molar-refractivity contribution is 6.50. The van der Waals surface area contributed by atoms with Crippen molar-refractivity contribution in [2.45, 2.75) is 0 Å². The quantitative estimate of drug-likeness (QED) is 0.0837. The van der Waals surface area contributed by atoms with E-state index in [1.165, 1.54) is 0 Å². The average molecular weight is 570 g/mol. The fourth-order valence-corrected chi connectivity index (χ4v) is 0.987. The lowest BCUT2D eigenvalue weighted by Crippen LogP contribution is -2.27. The molecule has 0 bridgehead atoms. The summed E-state index contributed by atoms with van der Waals surface area (Å²) >= 11 is 0. The first-order valence-corrected chi connectivity index (χ1v) is 10.2. The van der Waals surface area contributed by atoms with Gasteiger partial charge in [0, 0.05) is 78.5 Å². The normalized spacial score (nSPS) is 10.5. The summed E-state index contributed by atoms with van der Waals surface area (Å²) in [6, 6.07) is 0. The molecule has 0 aromatic heterocycles. The van der Waals surface area contributed by atoms with E-state index in [9.17, 15) is 51.8 Å². The summed E-state index contributed by atoms with van der Waals surface area (Å²) in [6.07, 6.45) is 0. The van der Waals surface area contributed by atoms with E-state index in [0.29, 0.717) is 39.3 Å². The van der Waals surface area contributed by atoms with Gasteiger partial charge in [-0.3, -0.25) is 0 Å². The van der Waals surface area contributed by atoms with Crippen LogP contribution in [-0.2, 0) is 0 Å². The van der Waals surface area contributed by atoms with Gasteiger partial charge in [0.2, 0.25) is 0 Å². The van der Waals surface area contributed by atoms with Crippen molar-refractivity contribution in [2.24, 2.45) is 34.4 Å². The molecule has 0 spiro atoms. The Morgan fingerprint density at radius 1 is 0.306 bits per heavy atom. The number of nitrogens with two attached hydrogens (primary N) is 6. The molecule has 0 atom stereocenters. The highest BCUT2D eigenvalue weighted by atomic mass is 19.5. The van der Waals surface area contributed by atoms with Crippen molar-refractivity contribution >= 4 is 21.8 Å². The molecule has 0 aromatic rings. The van der Waals surface area contributed by atoms with Crippen molar-refractivity contribution in [3.8, 4) is 0 Å². The van der Waals surface area contributed by atoms with E-state index in [0.717, 1.165) is 39.3 Å². The molecule has 0 unspecified atom stereocenters. The van der Waals surface area contributed by atoms with E-state index in [2.05, 4.69) is 16.0 Å². The second-order valence-electron chi connectivity index (χ2n) is 5.47. The third-order valence-corrected chi connectivity index (χ3v) is 1.93. The minimum Gasteiger partial charge on any atom is -0.418 e. The van der Waals surface area contributed by atoms with Crippen molar-refractivity contribution in [2.75, 3.05) is 78.5 Å². The van der Waals surface area contributed by atoms with Crippen LogP contribution >= 0.6 is 0 Å². The predicted molar refractivity (Wildman–Crippen MR) is 123 cm³/mol. The van der Waals surface area contributed by atoms with Gasteiger partial charge in [0.05, 0.1) is 0 Å². The van der Waals surface area contributed by atoms with E-state index in [1.807, 2.05) is 0 Å². The molecule has 0 heterocycles. The highest BCUT2D eigenvalue weighted by Crippen LogP contribution is 2.07. The van der Waals surface area contributed by atoms with Gasteiger partial charge in [-0.05, 0) is 0 Å². The summed E-state index contributed by atoms with van der Waals surface area (Å²) in [7, 11) is -18.0. The van der Waals surface area contributed by atoms with Crippen LogP contribution in [0.1, 0.15) is 0 Å². The van der Waals surface area contributed by atoms with Crippen molar-refractivity contribution < 1.29 is 51.8 Å². The van der Waals surface area contributed by atoms with E-state index in [4.69, 9.17) is 34.4 Å². The van der Waals surface area contributed by atoms with Crippen LogP contribution in [0.15, 0.2) is 0 Å². The number of nitrogens with one attached hydrogen (secondary N) is 3. The summed E-state index contributed by atoms with van der Waals surface area (Å²) in [5.41, 5.74) is 31.0. The molecule has 0 aromatic carbocycles. The number of hydrogen-bond acceptors (Lipinski definition) is 9. The second-order valence-corrected chi connectivity index (χ2v) is 5.47. The third-order valence-electron chi connectivity index (χ3n) is 1.93. The second kappa shape index (κ2) is 36.2. The Labute approximate surface area is 203 Å². The largest absolute Gasteiger partial charge is 0.673 e. The topological polar surface area (TPSA) is 192 Å². The molecule has 0 aliphatic heterocycles. The van der Waals surface area contributed by atoms with Crippen molar-refractivity contribution in [3.63, 3.8) is 0 Å². The van der Waals surface area contributed by atoms with Gasteiger partial charge in [-0.1, -0.05) is 0 Å². The Bertz CT molecular complexity index is 289. The van der Waals surface area contributed by atoms with E-state index >= 15 is 0 Å². The van der Waals surface area contributed by atoms with Crippen molar-refractivity contribution in [3.05, 3.63) is 0 Å². The molecule has 0 radical (unpaired) electrons. The number of rotatable bonds is 12. The maximum Gasteiger partial charge on any atom is 0.673 e. The van der Waals surface area contributed by atoms with Crippen molar-refractivity contribution in [1.82, 2.24) is 16.0 Å². The zero-order chi connectivity index (χ0) is 30.1. The van der Waals surface area contributed by atoms with Crippen LogP contribution in [0.2, 0.25) is 0 Å². The molecule has 0 aliphatic rings. The lowest BCUT2D eigenvalue weighted by Gasteiger charge is -1.95. The Morgan fingerprint density at radius 2 is 0.389 bits per heavy atom. The Balaban J connectivity index is -0.0000000756. The minimum atomic E-state index is -6.00. The first-order chi connectivity index (χ1) is 16.2. The molecule has 9 nitrogen and oxygen atoms in total. The Morgan fingerprint density at radius 3 is 0.444 bits per heavy atom. The Kier molecular flexibility index (Phi) is 48.3. The van der Waals surface area contributed by atoms with Gasteiger partial charge in [-0.2, -0.15) is 0 Å². The molecule has 0 saturated heterocycles. The van der Waals surface area contributed by atoms with Crippen LogP contribution in [0.4, 0.5) is 51.8 Å². The summed E-state index contributed by atoms with van der Waals surface area (Å²) in [5.74, 6) is 0. The molecule has 0 fully saturated rings. The third kappa shape index (κ3) is 279. The molecule has 24 heteroatoms. The van der Waals surface area contributed by atoms with Crippen LogP contribution in [0.5, 0.6) is 0 Å². The minimum absolute atomic E-state index is 0.694. The summed E-state index contributed by atoms with van der Waals surface area (Å²) in [4.78, 5) is 0. The van der Waals surface area contributed by atoms with Gasteiger partial charge < -0.3 is 102 Å². The van der Waals surface area contributed by atoms with E-state index < -0.39 is 21.8 Å². The maximum atomic E-state index is 9.75. The van der Waals surface area contributed by atoms with Gasteiger partial charge in [-0.25, -0.2) is 0 Å². The molecule has 15 N–H and O–H groups in total. The number of hydrogen-bond donors (Lipinski definition) is 9. The SMILES string of the molecule is F[B-](F)(F)F.F[B-](F)(F)F.F[B-](F)(F)F.NCCNCCN.NCCNCCN.NCCNCCN. The van der Waals surface area contributed by atoms with Crippen molar-refractivity contribution in [1.29, 1.82) is 0 Å². The van der Waals surface area contributed by atoms with Gasteiger partial charge in [0.1, 0.15) is 0 Å². The van der Waals surface area contributed by atoms with E-state index in [-0.39, 0.29) is 0 Å². The summed E-state index contributed by atoms with van der Waals surface area (Å²) < 4.78 is 117.